The highest BCUT2D eigenvalue weighted by atomic mass is 16.1. The Hall–Kier alpha value is -1.92. The van der Waals surface area contributed by atoms with Gasteiger partial charge in [-0.1, -0.05) is 13.0 Å². The second-order valence-corrected chi connectivity index (χ2v) is 9.11. The molecule has 2 amide bonds. The fraction of sp³-hybridized carbons (Fsp3) is 0.652. The molecule has 2 saturated carbocycles. The van der Waals surface area contributed by atoms with Gasteiger partial charge in [0.2, 0.25) is 11.8 Å². The Morgan fingerprint density at radius 1 is 0.862 bits per heavy atom. The summed E-state index contributed by atoms with van der Waals surface area (Å²) in [4.78, 5) is 24.2. The lowest BCUT2D eigenvalue weighted by Crippen LogP contribution is -2.48. The molecule has 8 N–H and O–H groups in total. The topological polar surface area (TPSA) is 138 Å². The van der Waals surface area contributed by atoms with Crippen molar-refractivity contribution in [3.63, 3.8) is 0 Å². The van der Waals surface area contributed by atoms with Crippen molar-refractivity contribution in [1.82, 2.24) is 0 Å². The summed E-state index contributed by atoms with van der Waals surface area (Å²) in [5.74, 6) is -0.178. The number of rotatable bonds is 6. The van der Waals surface area contributed by atoms with Crippen LogP contribution in [-0.2, 0) is 5.41 Å². The first-order chi connectivity index (χ1) is 13.8. The van der Waals surface area contributed by atoms with Crippen molar-refractivity contribution >= 4 is 11.8 Å². The van der Waals surface area contributed by atoms with E-state index in [4.69, 9.17) is 22.9 Å². The van der Waals surface area contributed by atoms with Gasteiger partial charge in [0.15, 0.2) is 0 Å². The predicted molar refractivity (Wildman–Crippen MR) is 115 cm³/mol. The summed E-state index contributed by atoms with van der Waals surface area (Å²) in [6.07, 6.45) is 9.13. The fourth-order valence-corrected chi connectivity index (χ4v) is 6.12. The van der Waals surface area contributed by atoms with E-state index in [2.05, 4.69) is 6.92 Å². The maximum Gasteiger partial charge on any atom is 0.249 e. The second kappa shape index (κ2) is 8.84. The molecular weight excluding hydrogens is 364 g/mol. The number of benzene rings is 1. The van der Waals surface area contributed by atoms with Crippen molar-refractivity contribution in [1.29, 1.82) is 0 Å². The molecule has 29 heavy (non-hydrogen) atoms. The van der Waals surface area contributed by atoms with Crippen LogP contribution in [0.25, 0.3) is 0 Å². The molecule has 2 aliphatic carbocycles. The summed E-state index contributed by atoms with van der Waals surface area (Å²) in [5, 5.41) is 0. The minimum Gasteiger partial charge on any atom is -0.366 e. The summed E-state index contributed by atoms with van der Waals surface area (Å²) in [6.45, 7) is 2.22. The van der Waals surface area contributed by atoms with E-state index in [1.165, 1.54) is 0 Å². The molecule has 1 aromatic rings. The van der Waals surface area contributed by atoms with Crippen LogP contribution in [0.5, 0.6) is 0 Å². The van der Waals surface area contributed by atoms with Gasteiger partial charge in [-0.2, -0.15) is 0 Å². The van der Waals surface area contributed by atoms with Crippen LogP contribution < -0.4 is 22.9 Å². The van der Waals surface area contributed by atoms with Crippen molar-refractivity contribution in [2.45, 2.75) is 82.2 Å². The first kappa shape index (κ1) is 21.8. The Balaban J connectivity index is 2.14. The van der Waals surface area contributed by atoms with Gasteiger partial charge in [0.1, 0.15) is 0 Å². The van der Waals surface area contributed by atoms with E-state index in [0.717, 1.165) is 63.4 Å². The van der Waals surface area contributed by atoms with Crippen LogP contribution in [0.4, 0.5) is 0 Å². The first-order valence-corrected chi connectivity index (χ1v) is 11.0. The van der Waals surface area contributed by atoms with Crippen molar-refractivity contribution in [3.8, 4) is 0 Å². The van der Waals surface area contributed by atoms with Crippen LogP contribution in [0, 0.1) is 11.8 Å². The van der Waals surface area contributed by atoms with E-state index >= 15 is 0 Å². The molecule has 2 fully saturated rings. The highest BCUT2D eigenvalue weighted by molar-refractivity contribution is 5.99. The summed E-state index contributed by atoms with van der Waals surface area (Å²) < 4.78 is 0. The van der Waals surface area contributed by atoms with Gasteiger partial charge < -0.3 is 22.9 Å². The zero-order valence-electron chi connectivity index (χ0n) is 17.5. The summed E-state index contributed by atoms with van der Waals surface area (Å²) in [7, 11) is 0. The lowest BCUT2D eigenvalue weighted by Gasteiger charge is -2.51. The molecule has 0 spiro atoms. The number of carbonyl (C=O) groups is 2. The van der Waals surface area contributed by atoms with E-state index in [9.17, 15) is 9.59 Å². The average Bonchev–Trinajstić information content (AvgIpc) is 2.71. The molecule has 0 saturated heterocycles. The highest BCUT2D eigenvalue weighted by Gasteiger charge is 2.48. The molecule has 0 atom stereocenters. The summed E-state index contributed by atoms with van der Waals surface area (Å²) in [6, 6.07) is 5.79. The van der Waals surface area contributed by atoms with Crippen molar-refractivity contribution in [3.05, 3.63) is 34.9 Å². The molecule has 0 aliphatic heterocycles. The van der Waals surface area contributed by atoms with Gasteiger partial charge >= 0.3 is 0 Å². The maximum atomic E-state index is 12.5. The van der Waals surface area contributed by atoms with Crippen LogP contribution >= 0.6 is 0 Å². The zero-order chi connectivity index (χ0) is 21.2. The van der Waals surface area contributed by atoms with E-state index in [1.54, 1.807) is 12.1 Å². The molecule has 1 aromatic carbocycles. The normalized spacial score (nSPS) is 29.8. The quantitative estimate of drug-likeness (QED) is 0.583. The molecule has 6 nitrogen and oxygen atoms in total. The number of amides is 2. The molecular formula is C23H36N4O2. The number of carbonyl (C=O) groups excluding carboxylic acids is 2. The Morgan fingerprint density at radius 2 is 1.34 bits per heavy atom. The van der Waals surface area contributed by atoms with Gasteiger partial charge in [-0.05, 0) is 87.3 Å². The van der Waals surface area contributed by atoms with Crippen LogP contribution in [0.3, 0.4) is 0 Å². The average molecular weight is 401 g/mol. The van der Waals surface area contributed by atoms with Gasteiger partial charge in [0.05, 0.1) is 0 Å². The Kier molecular flexibility index (Phi) is 6.64. The molecule has 160 valence electrons. The molecule has 0 bridgehead atoms. The standard InChI is InChI=1S/C23H36N4O2/c1-2-23(15-4-8-17(24)9-5-15,16-6-10-18(25)11-7-16)20-12-3-14(21(26)28)13-19(20)22(27)29/h3,12-13,15-18H,2,4-11,24-25H2,1H3,(H2,26,28)(H2,27,29). The smallest absolute Gasteiger partial charge is 0.249 e. The monoisotopic (exact) mass is 400 g/mol. The third kappa shape index (κ3) is 4.19. The van der Waals surface area contributed by atoms with Crippen LogP contribution in [0.2, 0.25) is 0 Å². The van der Waals surface area contributed by atoms with Gasteiger partial charge in [-0.3, -0.25) is 9.59 Å². The van der Waals surface area contributed by atoms with Crippen molar-refractivity contribution in [2.24, 2.45) is 34.8 Å². The molecule has 6 heteroatoms. The van der Waals surface area contributed by atoms with Crippen LogP contribution in [0.1, 0.15) is 91.0 Å². The maximum absolute atomic E-state index is 12.5. The minimum atomic E-state index is -0.548. The van der Waals surface area contributed by atoms with E-state index in [1.807, 2.05) is 6.07 Å². The van der Waals surface area contributed by atoms with Gasteiger partial charge in [0.25, 0.3) is 0 Å². The Morgan fingerprint density at radius 3 is 1.72 bits per heavy atom. The van der Waals surface area contributed by atoms with Crippen molar-refractivity contribution in [2.75, 3.05) is 0 Å². The Labute approximate surface area is 173 Å². The lowest BCUT2D eigenvalue weighted by molar-refractivity contribution is 0.0833. The first-order valence-electron chi connectivity index (χ1n) is 11.0. The predicted octanol–water partition coefficient (Wildman–Crippen LogP) is 2.57. The molecule has 0 unspecified atom stereocenters. The lowest BCUT2D eigenvalue weighted by atomic mass is 9.53. The van der Waals surface area contributed by atoms with Crippen LogP contribution in [-0.4, -0.2) is 23.9 Å². The highest BCUT2D eigenvalue weighted by Crippen LogP contribution is 2.53. The SMILES string of the molecule is CCC(c1ccc(C(N)=O)cc1C(N)=O)(C1CCC(N)CC1)C1CCC(N)CC1. The summed E-state index contributed by atoms with van der Waals surface area (Å²) >= 11 is 0. The molecule has 3 rings (SSSR count). The molecule has 0 aromatic heterocycles. The minimum absolute atomic E-state index is 0.166. The van der Waals surface area contributed by atoms with E-state index in [0.29, 0.717) is 23.0 Å². The van der Waals surface area contributed by atoms with E-state index < -0.39 is 11.8 Å². The van der Waals surface area contributed by atoms with Crippen LogP contribution in [0.15, 0.2) is 18.2 Å². The summed E-state index contributed by atoms with van der Waals surface area (Å²) in [5.41, 5.74) is 25.3. The van der Waals surface area contributed by atoms with Crippen molar-refractivity contribution < 1.29 is 9.59 Å². The fourth-order valence-electron chi connectivity index (χ4n) is 6.12. The number of hydrogen-bond acceptors (Lipinski definition) is 4. The van der Waals surface area contributed by atoms with Gasteiger partial charge in [0, 0.05) is 28.6 Å². The molecule has 2 aliphatic rings. The van der Waals surface area contributed by atoms with Gasteiger partial charge in [-0.15, -0.1) is 0 Å². The molecule has 0 heterocycles. The third-order valence-corrected chi connectivity index (χ3v) is 7.66. The third-order valence-electron chi connectivity index (χ3n) is 7.66. The largest absolute Gasteiger partial charge is 0.366 e. The van der Waals surface area contributed by atoms with Gasteiger partial charge in [-0.25, -0.2) is 0 Å². The number of nitrogens with two attached hydrogens (primary N) is 4. The van der Waals surface area contributed by atoms with E-state index in [-0.39, 0.29) is 17.5 Å². The Bertz CT molecular complexity index is 725. The molecule has 0 radical (unpaired) electrons. The number of primary amides is 2. The number of hydrogen-bond donors (Lipinski definition) is 4. The zero-order valence-corrected chi connectivity index (χ0v) is 17.5. The second-order valence-electron chi connectivity index (χ2n) is 9.11.